The van der Waals surface area contributed by atoms with E-state index in [2.05, 4.69) is 9.97 Å². The maximum absolute atomic E-state index is 15.3. The molecule has 0 bridgehead atoms. The third-order valence-electron chi connectivity index (χ3n) is 6.40. The van der Waals surface area contributed by atoms with Gasteiger partial charge in [-0.2, -0.15) is 0 Å². The van der Waals surface area contributed by atoms with Crippen molar-refractivity contribution in [1.82, 2.24) is 19.3 Å². The molecule has 0 atom stereocenters. The molecule has 12 heteroatoms. The number of H-pyrrole nitrogens is 1. The van der Waals surface area contributed by atoms with Gasteiger partial charge in [0, 0.05) is 23.7 Å². The molecule has 0 fully saturated rings. The van der Waals surface area contributed by atoms with Crippen LogP contribution in [0.5, 0.6) is 0 Å². The molecule has 6 aromatic rings. The molecule has 9 nitrogen and oxygen atoms in total. The van der Waals surface area contributed by atoms with Gasteiger partial charge in [0.2, 0.25) is 10.0 Å². The first-order valence-corrected chi connectivity index (χ1v) is 13.9. The molecule has 0 aliphatic heterocycles. The van der Waals surface area contributed by atoms with Crippen molar-refractivity contribution >= 4 is 60.3 Å². The molecule has 0 saturated carbocycles. The maximum atomic E-state index is 15.3. The third-order valence-corrected chi connectivity index (χ3v) is 7.15. The summed E-state index contributed by atoms with van der Waals surface area (Å²) in [6.45, 7) is -0.0395. The predicted molar refractivity (Wildman–Crippen MR) is 146 cm³/mol. The minimum atomic E-state index is -4.02. The Balaban J connectivity index is 1.78. The highest BCUT2D eigenvalue weighted by atomic mass is 35.5. The number of nitrogens with one attached hydrogen (secondary N) is 2. The Bertz CT molecular complexity index is 2130. The van der Waals surface area contributed by atoms with Crippen molar-refractivity contribution in [2.75, 3.05) is 6.26 Å². The summed E-state index contributed by atoms with van der Waals surface area (Å²) in [5.41, 5.74) is 0.997. The number of benzene rings is 2. The lowest BCUT2D eigenvalue weighted by atomic mass is 10.0. The number of carbonyl (C=O) groups excluding carboxylic acids is 1. The van der Waals surface area contributed by atoms with Crippen LogP contribution in [0, 0.1) is 5.82 Å². The molecule has 0 aliphatic rings. The standard InChI is InChI=1S/C27H18ClFN4O5S/c1-39(36,37)32-27(35)24-22(17-6-4-9-30-26(17)34)23-20(12-18(29)16-8-10-38-25(16)23)33(24)13-14-11-21(28)31-19-7-3-2-5-15(14)19/h2-12H,13H2,1H3,(H,30,34)(H,32,35). The van der Waals surface area contributed by atoms with Crippen molar-refractivity contribution in [1.29, 1.82) is 0 Å². The zero-order valence-electron chi connectivity index (χ0n) is 20.2. The van der Waals surface area contributed by atoms with Crippen LogP contribution < -0.4 is 10.3 Å². The smallest absolute Gasteiger partial charge is 0.282 e. The van der Waals surface area contributed by atoms with Crippen LogP contribution in [0.3, 0.4) is 0 Å². The number of fused-ring (bicyclic) bond motifs is 4. The fourth-order valence-corrected chi connectivity index (χ4v) is 5.57. The maximum Gasteiger partial charge on any atom is 0.282 e. The summed E-state index contributed by atoms with van der Waals surface area (Å²) in [6.07, 6.45) is 3.57. The van der Waals surface area contributed by atoms with Crippen LogP contribution in [0.1, 0.15) is 16.1 Å². The average molecular weight is 565 g/mol. The number of furan rings is 1. The van der Waals surface area contributed by atoms with Crippen molar-refractivity contribution < 1.29 is 22.0 Å². The van der Waals surface area contributed by atoms with Crippen molar-refractivity contribution in [2.24, 2.45) is 0 Å². The molecule has 39 heavy (non-hydrogen) atoms. The van der Waals surface area contributed by atoms with Crippen molar-refractivity contribution in [3.63, 3.8) is 0 Å². The predicted octanol–water partition coefficient (Wildman–Crippen LogP) is 4.82. The van der Waals surface area contributed by atoms with Gasteiger partial charge in [0.15, 0.2) is 0 Å². The molecule has 0 radical (unpaired) electrons. The number of nitrogens with zero attached hydrogens (tertiary/aromatic N) is 2. The van der Waals surface area contributed by atoms with Crippen LogP contribution in [0.15, 0.2) is 76.3 Å². The summed E-state index contributed by atoms with van der Waals surface area (Å²) in [5, 5.41) is 1.33. The first-order valence-electron chi connectivity index (χ1n) is 11.6. The number of carbonyl (C=O) groups is 1. The molecule has 0 saturated heterocycles. The highest BCUT2D eigenvalue weighted by Gasteiger charge is 2.30. The average Bonchev–Trinajstić information content (AvgIpc) is 3.47. The van der Waals surface area contributed by atoms with Crippen LogP contribution in [-0.4, -0.2) is 35.1 Å². The molecule has 0 unspecified atom stereocenters. The van der Waals surface area contributed by atoms with E-state index in [1.807, 2.05) is 16.9 Å². The highest BCUT2D eigenvalue weighted by molar-refractivity contribution is 7.89. The summed E-state index contributed by atoms with van der Waals surface area (Å²) in [4.78, 5) is 33.6. The van der Waals surface area contributed by atoms with Gasteiger partial charge in [0.1, 0.15) is 22.2 Å². The summed E-state index contributed by atoms with van der Waals surface area (Å²) in [7, 11) is -4.02. The van der Waals surface area contributed by atoms with Crippen LogP contribution in [-0.2, 0) is 16.6 Å². The Labute approximate surface area is 224 Å². The molecular formula is C27H18ClFN4O5S. The van der Waals surface area contributed by atoms with Gasteiger partial charge in [-0.1, -0.05) is 29.8 Å². The molecule has 0 aliphatic carbocycles. The van der Waals surface area contributed by atoms with E-state index in [0.29, 0.717) is 11.1 Å². The van der Waals surface area contributed by atoms with Crippen molar-refractivity contribution in [2.45, 2.75) is 6.54 Å². The first-order chi connectivity index (χ1) is 18.6. The topological polar surface area (TPSA) is 127 Å². The summed E-state index contributed by atoms with van der Waals surface area (Å²) >= 11 is 6.31. The molecule has 4 aromatic heterocycles. The van der Waals surface area contributed by atoms with E-state index < -0.39 is 27.3 Å². The van der Waals surface area contributed by atoms with Crippen LogP contribution >= 0.6 is 11.6 Å². The number of aromatic nitrogens is 3. The summed E-state index contributed by atoms with van der Waals surface area (Å²) in [6, 6.07) is 14.6. The van der Waals surface area contributed by atoms with E-state index in [-0.39, 0.29) is 50.4 Å². The van der Waals surface area contributed by atoms with Crippen LogP contribution in [0.2, 0.25) is 5.15 Å². The Morgan fingerprint density at radius 1 is 1.15 bits per heavy atom. The first kappa shape index (κ1) is 24.8. The molecule has 2 aromatic carbocycles. The lowest BCUT2D eigenvalue weighted by Gasteiger charge is -2.14. The van der Waals surface area contributed by atoms with Crippen LogP contribution in [0.25, 0.3) is 43.9 Å². The quantitative estimate of drug-likeness (QED) is 0.289. The van der Waals surface area contributed by atoms with Gasteiger partial charge in [-0.25, -0.2) is 22.5 Å². The lowest BCUT2D eigenvalue weighted by molar-refractivity contribution is 0.0974. The zero-order chi connectivity index (χ0) is 27.5. The van der Waals surface area contributed by atoms with Gasteiger partial charge >= 0.3 is 0 Å². The van der Waals surface area contributed by atoms with Crippen molar-refractivity contribution in [3.05, 3.63) is 99.6 Å². The van der Waals surface area contributed by atoms with E-state index in [1.165, 1.54) is 35.2 Å². The Morgan fingerprint density at radius 2 is 1.95 bits per heavy atom. The Hall–Kier alpha value is -4.48. The molecule has 4 heterocycles. The number of para-hydroxylation sites is 1. The van der Waals surface area contributed by atoms with E-state index >= 15 is 4.39 Å². The molecule has 6 rings (SSSR count). The summed E-state index contributed by atoms with van der Waals surface area (Å²) in [5.74, 6) is -1.62. The molecule has 196 valence electrons. The second-order valence-electron chi connectivity index (χ2n) is 8.96. The van der Waals surface area contributed by atoms with Crippen molar-refractivity contribution in [3.8, 4) is 11.1 Å². The second kappa shape index (κ2) is 9.07. The van der Waals surface area contributed by atoms with E-state index in [9.17, 15) is 18.0 Å². The minimum Gasteiger partial charge on any atom is -0.463 e. The number of hydrogen-bond acceptors (Lipinski definition) is 6. The largest absolute Gasteiger partial charge is 0.463 e. The number of aromatic amines is 1. The summed E-state index contributed by atoms with van der Waals surface area (Å²) < 4.78 is 48.7. The van der Waals surface area contributed by atoms with Gasteiger partial charge in [0.05, 0.1) is 39.9 Å². The number of amides is 1. The normalized spacial score (nSPS) is 12.0. The third kappa shape index (κ3) is 4.25. The highest BCUT2D eigenvalue weighted by Crippen LogP contribution is 2.40. The van der Waals surface area contributed by atoms with Gasteiger partial charge in [-0.05, 0) is 42.0 Å². The Kier molecular flexibility index (Phi) is 5.77. The molecule has 0 spiro atoms. The van der Waals surface area contributed by atoms with Gasteiger partial charge in [0.25, 0.3) is 11.5 Å². The second-order valence-corrected chi connectivity index (χ2v) is 11.1. The number of halogens is 2. The zero-order valence-corrected chi connectivity index (χ0v) is 21.7. The van der Waals surface area contributed by atoms with Crippen LogP contribution in [0.4, 0.5) is 4.39 Å². The monoisotopic (exact) mass is 564 g/mol. The van der Waals surface area contributed by atoms with Gasteiger partial charge in [-0.15, -0.1) is 0 Å². The molecule has 2 N–H and O–H groups in total. The van der Waals surface area contributed by atoms with Gasteiger partial charge < -0.3 is 14.0 Å². The Morgan fingerprint density at radius 3 is 2.72 bits per heavy atom. The van der Waals surface area contributed by atoms with E-state index in [1.54, 1.807) is 24.3 Å². The number of pyridine rings is 2. The minimum absolute atomic E-state index is 0.0395. The molecular weight excluding hydrogens is 547 g/mol. The molecule has 1 amide bonds. The fraction of sp³-hybridized carbons (Fsp3) is 0.0741. The van der Waals surface area contributed by atoms with E-state index in [4.69, 9.17) is 16.0 Å². The number of sulfonamides is 1. The SMILES string of the molecule is CS(=O)(=O)NC(=O)c1c(-c2ccc[nH]c2=O)c2c3occc3c(F)cc2n1Cc1cc(Cl)nc2ccccc12. The lowest BCUT2D eigenvalue weighted by Crippen LogP contribution is -2.32. The number of rotatable bonds is 5. The fourth-order valence-electron chi connectivity index (χ4n) is 4.92. The van der Waals surface area contributed by atoms with Gasteiger partial charge in [-0.3, -0.25) is 9.59 Å². The number of hydrogen-bond donors (Lipinski definition) is 2. The van der Waals surface area contributed by atoms with E-state index in [0.717, 1.165) is 11.6 Å².